The van der Waals surface area contributed by atoms with Gasteiger partial charge in [-0.1, -0.05) is 12.1 Å². The summed E-state index contributed by atoms with van der Waals surface area (Å²) >= 11 is 0. The number of likely N-dealkylation sites (tertiary alicyclic amines) is 2. The van der Waals surface area contributed by atoms with Crippen LogP contribution in [-0.2, 0) is 9.59 Å². The quantitative estimate of drug-likeness (QED) is 0.640. The molecule has 3 heterocycles. The Morgan fingerprint density at radius 2 is 1.69 bits per heavy atom. The lowest BCUT2D eigenvalue weighted by Gasteiger charge is -2.32. The lowest BCUT2D eigenvalue weighted by atomic mass is 9.87. The number of benzene rings is 1. The van der Waals surface area contributed by atoms with Gasteiger partial charge in [-0.2, -0.15) is 10.5 Å². The van der Waals surface area contributed by atoms with Gasteiger partial charge in [-0.15, -0.1) is 0 Å². The zero-order chi connectivity index (χ0) is 24.8. The van der Waals surface area contributed by atoms with Crippen molar-refractivity contribution in [2.75, 3.05) is 32.8 Å². The van der Waals surface area contributed by atoms with Crippen LogP contribution in [0.2, 0.25) is 0 Å². The third kappa shape index (κ3) is 5.78. The van der Waals surface area contributed by atoms with Gasteiger partial charge in [0.2, 0.25) is 17.7 Å². The lowest BCUT2D eigenvalue weighted by Crippen LogP contribution is -2.43. The maximum Gasteiger partial charge on any atom is 0.225 e. The smallest absolute Gasteiger partial charge is 0.225 e. The van der Waals surface area contributed by atoms with Crippen molar-refractivity contribution in [2.45, 2.75) is 32.1 Å². The zero-order valence-electron chi connectivity index (χ0n) is 19.9. The van der Waals surface area contributed by atoms with Crippen molar-refractivity contribution < 1.29 is 14.3 Å². The highest BCUT2D eigenvalue weighted by molar-refractivity contribution is 5.80. The van der Waals surface area contributed by atoms with Crippen LogP contribution in [-0.4, -0.2) is 59.4 Å². The molecule has 2 unspecified atom stereocenters. The fraction of sp³-hybridized carbons (Fsp3) is 0.444. The molecule has 1 aromatic carbocycles. The molecule has 4 rings (SSSR count). The Balaban J connectivity index is 1.42. The highest BCUT2D eigenvalue weighted by atomic mass is 16.5. The maximum atomic E-state index is 13.4. The number of amides is 2. The Kier molecular flexibility index (Phi) is 7.62. The van der Waals surface area contributed by atoms with Gasteiger partial charge in [-0.25, -0.2) is 4.98 Å². The van der Waals surface area contributed by atoms with Crippen molar-refractivity contribution in [2.24, 2.45) is 11.8 Å². The van der Waals surface area contributed by atoms with Crippen molar-refractivity contribution in [1.82, 2.24) is 14.8 Å². The molecule has 2 atom stereocenters. The van der Waals surface area contributed by atoms with Gasteiger partial charge in [0.15, 0.2) is 0 Å². The number of ether oxygens (including phenoxy) is 1. The number of piperidine rings is 1. The second-order valence-corrected chi connectivity index (χ2v) is 9.26. The molecule has 2 aliphatic rings. The number of carbonyl (C=O) groups excluding carboxylic acids is 2. The Morgan fingerprint density at radius 3 is 2.29 bits per heavy atom. The molecule has 2 fully saturated rings. The van der Waals surface area contributed by atoms with Crippen molar-refractivity contribution in [3.05, 3.63) is 59.3 Å². The number of carbonyl (C=O) groups is 2. The van der Waals surface area contributed by atoms with E-state index in [4.69, 9.17) is 15.3 Å². The number of hydrogen-bond acceptors (Lipinski definition) is 6. The zero-order valence-corrected chi connectivity index (χ0v) is 19.9. The van der Waals surface area contributed by atoms with Crippen molar-refractivity contribution in [3.63, 3.8) is 0 Å². The standard InChI is InChI=1S/C27H29N5O3/c1-19(33)31-11-8-23(9-12-31)27(34)32-17-24(10-13-35-26-7-4-21(15-29)16-30-26)25(18-32)22-5-2-20(14-28)3-6-22/h2-7,16,23-25H,8-13,17-18H2,1H3. The van der Waals surface area contributed by atoms with Crippen LogP contribution < -0.4 is 4.74 Å². The molecular weight excluding hydrogens is 442 g/mol. The number of hydrogen-bond donors (Lipinski definition) is 0. The molecule has 1 aromatic heterocycles. The van der Waals surface area contributed by atoms with Crippen LogP contribution in [0.4, 0.5) is 0 Å². The monoisotopic (exact) mass is 471 g/mol. The molecule has 8 nitrogen and oxygen atoms in total. The highest BCUT2D eigenvalue weighted by Crippen LogP contribution is 2.36. The molecule has 2 aromatic rings. The molecule has 0 spiro atoms. The molecule has 0 bridgehead atoms. The Hall–Kier alpha value is -3.91. The third-order valence-corrected chi connectivity index (χ3v) is 7.11. The molecule has 0 N–H and O–H groups in total. The summed E-state index contributed by atoms with van der Waals surface area (Å²) in [5.41, 5.74) is 2.22. The van der Waals surface area contributed by atoms with E-state index in [0.29, 0.717) is 62.6 Å². The fourth-order valence-corrected chi connectivity index (χ4v) is 5.07. The van der Waals surface area contributed by atoms with Gasteiger partial charge >= 0.3 is 0 Å². The number of aromatic nitrogens is 1. The Bertz CT molecular complexity index is 1130. The second kappa shape index (κ2) is 11.0. The fourth-order valence-electron chi connectivity index (χ4n) is 5.07. The molecular formula is C27H29N5O3. The van der Waals surface area contributed by atoms with Crippen LogP contribution in [0.5, 0.6) is 5.88 Å². The van der Waals surface area contributed by atoms with Crippen LogP contribution in [0.1, 0.15) is 48.8 Å². The van der Waals surface area contributed by atoms with Crippen LogP contribution in [0.25, 0.3) is 0 Å². The van der Waals surface area contributed by atoms with E-state index in [1.54, 1.807) is 19.1 Å². The Morgan fingerprint density at radius 1 is 1.00 bits per heavy atom. The van der Waals surface area contributed by atoms with E-state index in [-0.39, 0.29) is 29.6 Å². The molecule has 35 heavy (non-hydrogen) atoms. The van der Waals surface area contributed by atoms with E-state index < -0.39 is 0 Å². The van der Waals surface area contributed by atoms with Gasteiger partial charge < -0.3 is 14.5 Å². The number of pyridine rings is 1. The van der Waals surface area contributed by atoms with Gasteiger partial charge in [0.05, 0.1) is 23.8 Å². The van der Waals surface area contributed by atoms with E-state index in [2.05, 4.69) is 11.1 Å². The first-order valence-corrected chi connectivity index (χ1v) is 12.0. The molecule has 0 radical (unpaired) electrons. The summed E-state index contributed by atoms with van der Waals surface area (Å²) < 4.78 is 5.83. The molecule has 0 saturated carbocycles. The number of rotatable bonds is 6. The maximum absolute atomic E-state index is 13.4. The SMILES string of the molecule is CC(=O)N1CCC(C(=O)N2CC(CCOc3ccc(C#N)cn3)C(c3ccc(C#N)cc3)C2)CC1. The van der Waals surface area contributed by atoms with E-state index in [1.807, 2.05) is 40.1 Å². The predicted octanol–water partition coefficient (Wildman–Crippen LogP) is 3.09. The molecule has 2 saturated heterocycles. The molecule has 2 aliphatic heterocycles. The minimum Gasteiger partial charge on any atom is -0.478 e. The average molecular weight is 472 g/mol. The summed E-state index contributed by atoms with van der Waals surface area (Å²) in [6.45, 7) is 4.58. The summed E-state index contributed by atoms with van der Waals surface area (Å²) in [5, 5.41) is 18.1. The lowest BCUT2D eigenvalue weighted by molar-refractivity contribution is -0.139. The first-order valence-electron chi connectivity index (χ1n) is 12.0. The number of nitrogens with zero attached hydrogens (tertiary/aromatic N) is 5. The predicted molar refractivity (Wildman–Crippen MR) is 128 cm³/mol. The minimum atomic E-state index is -0.0509. The minimum absolute atomic E-state index is 0.0509. The van der Waals surface area contributed by atoms with Gasteiger partial charge in [0.25, 0.3) is 0 Å². The summed E-state index contributed by atoms with van der Waals surface area (Å²) in [4.78, 5) is 33.0. The molecule has 0 aliphatic carbocycles. The average Bonchev–Trinajstić information content (AvgIpc) is 3.33. The summed E-state index contributed by atoms with van der Waals surface area (Å²) in [6.07, 6.45) is 3.64. The normalized spacial score (nSPS) is 20.2. The summed E-state index contributed by atoms with van der Waals surface area (Å²) in [7, 11) is 0. The van der Waals surface area contributed by atoms with Crippen LogP contribution in [0, 0.1) is 34.5 Å². The third-order valence-electron chi connectivity index (χ3n) is 7.11. The largest absolute Gasteiger partial charge is 0.478 e. The van der Waals surface area contributed by atoms with Crippen molar-refractivity contribution >= 4 is 11.8 Å². The van der Waals surface area contributed by atoms with E-state index in [0.717, 1.165) is 12.0 Å². The number of nitriles is 2. The molecule has 8 heteroatoms. The van der Waals surface area contributed by atoms with Crippen LogP contribution in [0.15, 0.2) is 42.6 Å². The highest BCUT2D eigenvalue weighted by Gasteiger charge is 2.39. The first-order chi connectivity index (χ1) is 17.0. The second-order valence-electron chi connectivity index (χ2n) is 9.26. The van der Waals surface area contributed by atoms with E-state index in [1.165, 1.54) is 6.20 Å². The van der Waals surface area contributed by atoms with Crippen molar-refractivity contribution in [1.29, 1.82) is 10.5 Å². The summed E-state index contributed by atoms with van der Waals surface area (Å²) in [5.74, 6) is 1.02. The van der Waals surface area contributed by atoms with Gasteiger partial charge in [-0.05, 0) is 48.9 Å². The van der Waals surface area contributed by atoms with Crippen LogP contribution in [0.3, 0.4) is 0 Å². The van der Waals surface area contributed by atoms with Gasteiger partial charge in [0, 0.05) is 57.2 Å². The van der Waals surface area contributed by atoms with Crippen molar-refractivity contribution in [3.8, 4) is 18.0 Å². The summed E-state index contributed by atoms with van der Waals surface area (Å²) in [6, 6.07) is 15.2. The van der Waals surface area contributed by atoms with Gasteiger partial charge in [-0.3, -0.25) is 9.59 Å². The topological polar surface area (TPSA) is 110 Å². The Labute approximate surface area is 205 Å². The van der Waals surface area contributed by atoms with E-state index in [9.17, 15) is 9.59 Å². The molecule has 2 amide bonds. The first kappa shape index (κ1) is 24.2. The van der Waals surface area contributed by atoms with Crippen LogP contribution >= 0.6 is 0 Å². The molecule has 180 valence electrons. The van der Waals surface area contributed by atoms with E-state index >= 15 is 0 Å². The van der Waals surface area contributed by atoms with Gasteiger partial charge in [0.1, 0.15) is 6.07 Å².